The van der Waals surface area contributed by atoms with Gasteiger partial charge in [-0.15, -0.1) is 0 Å². The molecule has 1 aliphatic rings. The first-order valence-corrected chi connectivity index (χ1v) is 15.4. The molecule has 2 heterocycles. The van der Waals surface area contributed by atoms with Crippen molar-refractivity contribution in [3.05, 3.63) is 82.2 Å². The first kappa shape index (κ1) is 32.6. The molecular weight excluding hydrogens is 638 g/mol. The number of benzene rings is 3. The highest BCUT2D eigenvalue weighted by Crippen LogP contribution is 2.38. The summed E-state index contributed by atoms with van der Waals surface area (Å²) in [6.45, 7) is 5.82. The lowest BCUT2D eigenvalue weighted by Crippen LogP contribution is -2.44. The molecule has 0 spiro atoms. The van der Waals surface area contributed by atoms with Crippen LogP contribution in [0.4, 0.5) is 10.1 Å². The van der Waals surface area contributed by atoms with Crippen molar-refractivity contribution in [2.24, 2.45) is 10.8 Å². The maximum Gasteiger partial charge on any atom is 0.191 e. The van der Waals surface area contributed by atoms with Crippen molar-refractivity contribution in [3.63, 3.8) is 0 Å². The molecule has 0 bridgehead atoms. The van der Waals surface area contributed by atoms with Gasteiger partial charge in [0, 0.05) is 67.0 Å². The van der Waals surface area contributed by atoms with E-state index >= 15 is 4.39 Å². The molecule has 0 saturated carbocycles. The maximum absolute atomic E-state index is 15.4. The molecule has 45 heavy (non-hydrogen) atoms. The van der Waals surface area contributed by atoms with Crippen LogP contribution >= 0.6 is 35.4 Å². The fourth-order valence-corrected chi connectivity index (χ4v) is 5.44. The number of hydrazone groups is 1. The number of likely N-dealkylation sites (N-methyl/N-ethyl adjacent to an activating group) is 1. The Labute approximate surface area is 276 Å². The molecule has 2 N–H and O–H groups in total. The number of halogens is 3. The predicted octanol–water partition coefficient (Wildman–Crippen LogP) is 6.58. The summed E-state index contributed by atoms with van der Waals surface area (Å²) in [5, 5.41) is 6.94. The highest BCUT2D eigenvalue weighted by Gasteiger charge is 2.17. The predicted molar refractivity (Wildman–Crippen MR) is 182 cm³/mol. The zero-order valence-corrected chi connectivity index (χ0v) is 27.2. The molecule has 0 amide bonds. The maximum atomic E-state index is 15.4. The monoisotopic (exact) mass is 670 g/mol. The van der Waals surface area contributed by atoms with E-state index in [9.17, 15) is 0 Å². The third kappa shape index (κ3) is 8.30. The highest BCUT2D eigenvalue weighted by molar-refractivity contribution is 7.80. The second-order valence-electron chi connectivity index (χ2n) is 10.5. The Hall–Kier alpha value is -3.74. The first-order valence-electron chi connectivity index (χ1n) is 14.3. The van der Waals surface area contributed by atoms with Crippen molar-refractivity contribution in [1.82, 2.24) is 14.8 Å². The number of ether oxygens (including phenoxy) is 3. The Balaban J connectivity index is 1.30. The van der Waals surface area contributed by atoms with Gasteiger partial charge in [0.1, 0.15) is 5.75 Å². The molecule has 0 aliphatic carbocycles. The van der Waals surface area contributed by atoms with Crippen LogP contribution in [-0.2, 0) is 0 Å². The molecule has 0 atom stereocenters. The third-order valence-electron chi connectivity index (χ3n) is 7.32. The smallest absolute Gasteiger partial charge is 0.191 e. The van der Waals surface area contributed by atoms with Crippen LogP contribution in [0.25, 0.3) is 10.9 Å². The number of nitrogens with zero attached hydrogens (tertiary/aromatic N) is 5. The zero-order chi connectivity index (χ0) is 31.9. The van der Waals surface area contributed by atoms with Crippen LogP contribution in [0.5, 0.6) is 23.0 Å². The lowest BCUT2D eigenvalue weighted by molar-refractivity contribution is 0.145. The van der Waals surface area contributed by atoms with Gasteiger partial charge in [-0.25, -0.2) is 9.40 Å². The van der Waals surface area contributed by atoms with Gasteiger partial charge in [-0.3, -0.25) is 4.98 Å². The summed E-state index contributed by atoms with van der Waals surface area (Å²) in [6, 6.07) is 14.5. The number of piperazine rings is 1. The van der Waals surface area contributed by atoms with Crippen LogP contribution in [-0.4, -0.2) is 79.6 Å². The van der Waals surface area contributed by atoms with E-state index < -0.39 is 5.82 Å². The van der Waals surface area contributed by atoms with E-state index in [4.69, 9.17) is 55.4 Å². The number of fused-ring (bicyclic) bond motifs is 1. The number of hydrogen-bond donors (Lipinski definition) is 1. The number of methoxy groups -OCH3 is 1. The van der Waals surface area contributed by atoms with Crippen LogP contribution in [0, 0.1) is 5.82 Å². The summed E-state index contributed by atoms with van der Waals surface area (Å²) in [4.78, 5) is 9.26. The number of rotatable bonds is 11. The van der Waals surface area contributed by atoms with Gasteiger partial charge in [0.2, 0.25) is 0 Å². The number of aromatic nitrogens is 1. The second-order valence-corrected chi connectivity index (χ2v) is 11.7. The van der Waals surface area contributed by atoms with Gasteiger partial charge < -0.3 is 29.7 Å². The molecule has 4 aromatic rings. The van der Waals surface area contributed by atoms with Gasteiger partial charge in [-0.2, -0.15) is 5.10 Å². The van der Waals surface area contributed by atoms with Gasteiger partial charge >= 0.3 is 0 Å². The Bertz CT molecular complexity index is 1700. The number of hydrogen-bond acceptors (Lipinski definition) is 8. The SMILES string of the molecule is COc1cc2c(Oc3ccc(N(N=Cc4ccc(Cl)cc4Cl)C(N)=S)cc3F)ccnc2cc1OCCCN1CCN(C)CC1. The van der Waals surface area contributed by atoms with Crippen LogP contribution < -0.4 is 25.0 Å². The van der Waals surface area contributed by atoms with Crippen molar-refractivity contribution in [2.45, 2.75) is 6.42 Å². The molecule has 0 radical (unpaired) electrons. The molecular formula is C32H33Cl2FN6O3S. The number of pyridine rings is 1. The minimum Gasteiger partial charge on any atom is -0.493 e. The summed E-state index contributed by atoms with van der Waals surface area (Å²) in [6.07, 6.45) is 3.95. The Kier molecular flexibility index (Phi) is 10.9. The fourth-order valence-electron chi connectivity index (χ4n) is 4.83. The van der Waals surface area contributed by atoms with Crippen molar-refractivity contribution in [2.75, 3.05) is 58.5 Å². The van der Waals surface area contributed by atoms with E-state index in [1.807, 2.05) is 0 Å². The number of nitrogens with two attached hydrogens (primary N) is 1. The minimum atomic E-state index is -0.647. The quantitative estimate of drug-likeness (QED) is 0.0822. The average Bonchev–Trinajstić information content (AvgIpc) is 3.02. The Morgan fingerprint density at radius 2 is 1.84 bits per heavy atom. The van der Waals surface area contributed by atoms with Crippen LogP contribution in [0.3, 0.4) is 0 Å². The molecule has 5 rings (SSSR count). The van der Waals surface area contributed by atoms with Crippen molar-refractivity contribution in [1.29, 1.82) is 0 Å². The molecule has 1 saturated heterocycles. The molecule has 13 heteroatoms. The summed E-state index contributed by atoms with van der Waals surface area (Å²) < 4.78 is 33.1. The van der Waals surface area contributed by atoms with Crippen molar-refractivity contribution in [3.8, 4) is 23.0 Å². The van der Waals surface area contributed by atoms with Crippen molar-refractivity contribution >= 4 is 63.3 Å². The summed E-state index contributed by atoms with van der Waals surface area (Å²) in [5.41, 5.74) is 7.39. The zero-order valence-electron chi connectivity index (χ0n) is 24.9. The highest BCUT2D eigenvalue weighted by atomic mass is 35.5. The van der Waals surface area contributed by atoms with E-state index in [0.29, 0.717) is 56.1 Å². The van der Waals surface area contributed by atoms with E-state index in [-0.39, 0.29) is 10.9 Å². The Morgan fingerprint density at radius 1 is 1.04 bits per heavy atom. The van der Waals surface area contributed by atoms with Crippen LogP contribution in [0.15, 0.2) is 65.9 Å². The molecule has 1 aromatic heterocycles. The summed E-state index contributed by atoms with van der Waals surface area (Å²) in [7, 11) is 3.72. The van der Waals surface area contributed by atoms with E-state index in [1.54, 1.807) is 55.8 Å². The number of anilines is 1. The molecule has 3 aromatic carbocycles. The van der Waals surface area contributed by atoms with Crippen LogP contribution in [0.1, 0.15) is 12.0 Å². The van der Waals surface area contributed by atoms with E-state index in [1.165, 1.54) is 23.4 Å². The largest absolute Gasteiger partial charge is 0.493 e. The molecule has 1 aliphatic heterocycles. The second kappa shape index (κ2) is 15.0. The van der Waals surface area contributed by atoms with Gasteiger partial charge in [-0.1, -0.05) is 29.3 Å². The summed E-state index contributed by atoms with van der Waals surface area (Å²) >= 11 is 17.4. The van der Waals surface area contributed by atoms with Gasteiger partial charge in [0.05, 0.1) is 36.2 Å². The van der Waals surface area contributed by atoms with Gasteiger partial charge in [-0.05, 0) is 62.1 Å². The van der Waals surface area contributed by atoms with Crippen molar-refractivity contribution < 1.29 is 18.6 Å². The lowest BCUT2D eigenvalue weighted by atomic mass is 10.1. The van der Waals surface area contributed by atoms with Gasteiger partial charge in [0.15, 0.2) is 28.2 Å². The van der Waals surface area contributed by atoms with Crippen LogP contribution in [0.2, 0.25) is 10.0 Å². The first-order chi connectivity index (χ1) is 21.7. The average molecular weight is 672 g/mol. The topological polar surface area (TPSA) is 88.7 Å². The fraction of sp³-hybridized carbons (Fsp3) is 0.281. The molecule has 236 valence electrons. The summed E-state index contributed by atoms with van der Waals surface area (Å²) in [5.74, 6) is 0.851. The molecule has 1 fully saturated rings. The molecule has 9 nitrogen and oxygen atoms in total. The van der Waals surface area contributed by atoms with E-state index in [2.05, 4.69) is 26.9 Å². The molecule has 0 unspecified atom stereocenters. The lowest BCUT2D eigenvalue weighted by Gasteiger charge is -2.32. The minimum absolute atomic E-state index is 0.0120. The van der Waals surface area contributed by atoms with E-state index in [0.717, 1.165) is 39.1 Å². The Morgan fingerprint density at radius 3 is 2.56 bits per heavy atom. The third-order valence-corrected chi connectivity index (χ3v) is 8.06. The van der Waals surface area contributed by atoms with Gasteiger partial charge in [0.25, 0.3) is 0 Å². The normalized spacial score (nSPS) is 14.2. The standard InChI is InChI=1S/C32H33Cl2FN6O3S/c1-39-11-13-40(14-12-39)10-3-15-43-31-19-27-24(18-30(31)42-2)28(8-9-37-27)44-29-7-6-23(17-26(29)35)41(32(36)45)38-20-21-4-5-22(33)16-25(21)34/h4-9,16-20H,3,10-15H2,1-2H3,(H2,36,45). The number of thiocarbonyl (C=S) groups is 1.